The van der Waals surface area contributed by atoms with Crippen molar-refractivity contribution in [2.75, 3.05) is 39.8 Å². The minimum absolute atomic E-state index is 0.193. The van der Waals surface area contributed by atoms with Crippen LogP contribution in [0.2, 0.25) is 0 Å². The molecule has 13 heteroatoms. The smallest absolute Gasteiger partial charge is 0.323 e. The Morgan fingerprint density at radius 2 is 1.23 bits per heavy atom. The topological polar surface area (TPSA) is 12.5 Å². The predicted octanol–water partition coefficient (Wildman–Crippen LogP) is 7.24. The van der Waals surface area contributed by atoms with Crippen LogP contribution in [-0.2, 0) is 4.94 Å². The largest absolute Gasteiger partial charge is 0.459 e. The number of hydrogen-bond acceptors (Lipinski definition) is 3. The van der Waals surface area contributed by atoms with Crippen molar-refractivity contribution in [1.29, 1.82) is 0 Å². The molecule has 31 heavy (non-hydrogen) atoms. The van der Waals surface area contributed by atoms with Crippen molar-refractivity contribution in [3.8, 4) is 0 Å². The second-order valence-corrected chi connectivity index (χ2v) is 7.44. The number of quaternary nitrogens is 1. The van der Waals surface area contributed by atoms with Gasteiger partial charge in [-0.3, -0.25) is 0 Å². The van der Waals surface area contributed by atoms with Gasteiger partial charge in [-0.25, -0.2) is 4.31 Å². The molecule has 0 rings (SSSR count). The third kappa shape index (κ3) is 8.81. The molecule has 1 atom stereocenters. The quantitative estimate of drug-likeness (QED) is 0.160. The second kappa shape index (κ2) is 14.7. The Labute approximate surface area is 183 Å². The van der Waals surface area contributed by atoms with Gasteiger partial charge in [-0.1, -0.05) is 34.6 Å². The molecule has 0 aromatic heterocycles. The number of nitrogens with zero attached hydrogens (tertiary/aromatic N) is 2. The van der Waals surface area contributed by atoms with Crippen LogP contribution in [-0.4, -0.2) is 71.8 Å². The van der Waals surface area contributed by atoms with Gasteiger partial charge in [0.25, 0.3) is 0 Å². The summed E-state index contributed by atoms with van der Waals surface area (Å²) in [5.41, 5.74) is 0. The van der Waals surface area contributed by atoms with Crippen LogP contribution < -0.4 is 0 Å². The van der Waals surface area contributed by atoms with Crippen molar-refractivity contribution in [2.24, 2.45) is 0 Å². The first-order chi connectivity index (χ1) is 14.1. The molecule has 0 spiro atoms. The molecule has 0 bridgehead atoms. The van der Waals surface area contributed by atoms with Crippen LogP contribution in [0.3, 0.4) is 0 Å². The maximum absolute atomic E-state index is 13.9. The van der Waals surface area contributed by atoms with Gasteiger partial charge in [-0.15, -0.1) is 4.94 Å². The summed E-state index contributed by atoms with van der Waals surface area (Å²) in [5, 5.41) is -5.56. The van der Waals surface area contributed by atoms with E-state index in [4.69, 9.17) is 0 Å². The molecule has 3 nitrogen and oxygen atoms in total. The molecular formula is C18H36F9N2OS+. The minimum Gasteiger partial charge on any atom is -0.323 e. The second-order valence-electron chi connectivity index (χ2n) is 6.13. The molecule has 0 aliphatic rings. The van der Waals surface area contributed by atoms with Crippen LogP contribution in [0.15, 0.2) is 0 Å². The summed E-state index contributed by atoms with van der Waals surface area (Å²) in [7, 11) is 0.953. The van der Waals surface area contributed by atoms with Gasteiger partial charge in [-0.05, 0) is 31.8 Å². The highest BCUT2D eigenvalue weighted by molar-refractivity contribution is 7.98. The van der Waals surface area contributed by atoms with Crippen molar-refractivity contribution in [3.63, 3.8) is 0 Å². The zero-order valence-corrected chi connectivity index (χ0v) is 20.2. The summed E-state index contributed by atoms with van der Waals surface area (Å²) in [5.74, 6) is -13.0. The Morgan fingerprint density at radius 1 is 0.806 bits per heavy atom. The summed E-state index contributed by atoms with van der Waals surface area (Å²) < 4.78 is 118. The fraction of sp³-hybridized carbons (Fsp3) is 1.00. The summed E-state index contributed by atoms with van der Waals surface area (Å²) in [6.45, 7) is 15.6. The van der Waals surface area contributed by atoms with E-state index in [1.165, 1.54) is 0 Å². The first-order valence-electron chi connectivity index (χ1n) is 10.2. The fourth-order valence-corrected chi connectivity index (χ4v) is 3.40. The van der Waals surface area contributed by atoms with Gasteiger partial charge >= 0.3 is 23.2 Å². The van der Waals surface area contributed by atoms with Crippen molar-refractivity contribution >= 4 is 11.9 Å². The predicted molar refractivity (Wildman–Crippen MR) is 106 cm³/mol. The van der Waals surface area contributed by atoms with E-state index < -0.39 is 35.2 Å². The Hall–Kier alpha value is -0.400. The molecular weight excluding hydrogens is 463 g/mol. The third-order valence-electron chi connectivity index (χ3n) is 4.44. The third-order valence-corrected chi connectivity index (χ3v) is 5.43. The van der Waals surface area contributed by atoms with Gasteiger partial charge in [0.15, 0.2) is 0 Å². The molecule has 0 fully saturated rings. The average Bonchev–Trinajstić information content (AvgIpc) is 2.72. The van der Waals surface area contributed by atoms with E-state index in [1.807, 2.05) is 53.4 Å². The van der Waals surface area contributed by atoms with E-state index in [-0.39, 0.29) is 13.1 Å². The monoisotopic (exact) mass is 499 g/mol. The first-order valence-corrected chi connectivity index (χ1v) is 10.9. The van der Waals surface area contributed by atoms with Crippen LogP contribution >= 0.6 is 11.9 Å². The van der Waals surface area contributed by atoms with Crippen LogP contribution in [0, 0.1) is 0 Å². The molecule has 0 aromatic rings. The van der Waals surface area contributed by atoms with Gasteiger partial charge in [0, 0.05) is 11.9 Å². The van der Waals surface area contributed by atoms with Crippen LogP contribution in [0.5, 0.6) is 0 Å². The van der Waals surface area contributed by atoms with Gasteiger partial charge in [-0.2, -0.15) is 35.1 Å². The average molecular weight is 500 g/mol. The number of rotatable bonds is 12. The molecule has 1 unspecified atom stereocenters. The molecule has 0 N–H and O–H groups in total. The summed E-state index contributed by atoms with van der Waals surface area (Å²) in [6.07, 6.45) is -6.01. The number of halogens is 9. The lowest BCUT2D eigenvalue weighted by Gasteiger charge is -2.39. The number of hydrogen-bond donors (Lipinski definition) is 0. The standard InChI is InChI=1S/C14H24F9N2OS.2C2H6/c1-5-9-25(6-2,7-3)10-8-24(4)27-14(21,22)12(17,26-23)11(15,16)13(18,19)20;2*1-2/h5-10H2,1-4H3;2*1-2H3/q+1;;. The zero-order chi connectivity index (χ0) is 25.7. The fourth-order valence-electron chi connectivity index (χ4n) is 2.55. The van der Waals surface area contributed by atoms with Gasteiger partial charge < -0.3 is 4.48 Å². The molecule has 0 aromatic carbocycles. The lowest BCUT2D eigenvalue weighted by molar-refractivity contribution is -0.924. The maximum Gasteiger partial charge on any atom is 0.459 e. The van der Waals surface area contributed by atoms with E-state index in [9.17, 15) is 39.6 Å². The Kier molecular flexibility index (Phi) is 16.7. The Balaban J connectivity index is -0.00000184. The van der Waals surface area contributed by atoms with Crippen molar-refractivity contribution < 1.29 is 49.1 Å². The molecule has 0 aliphatic heterocycles. The molecule has 0 heterocycles. The van der Waals surface area contributed by atoms with E-state index in [2.05, 4.69) is 0 Å². The van der Waals surface area contributed by atoms with Crippen molar-refractivity contribution in [3.05, 3.63) is 0 Å². The minimum atomic E-state index is -6.78. The Bertz CT molecular complexity index is 464. The normalized spacial score (nSPS) is 14.9. The summed E-state index contributed by atoms with van der Waals surface area (Å²) >= 11 is -0.974. The van der Waals surface area contributed by atoms with Gasteiger partial charge in [0.2, 0.25) is 0 Å². The summed E-state index contributed by atoms with van der Waals surface area (Å²) in [6, 6.07) is 0. The lowest BCUT2D eigenvalue weighted by atomic mass is 10.1. The molecule has 0 aliphatic carbocycles. The maximum atomic E-state index is 13.9. The van der Waals surface area contributed by atoms with Crippen LogP contribution in [0.25, 0.3) is 0 Å². The SMILES string of the molecule is CC.CC.CCC[N+](CC)(CC)CCN(C)SC(F)(F)C(F)(OF)C(F)(F)C(F)(F)F. The zero-order valence-electron chi connectivity index (χ0n) is 19.4. The highest BCUT2D eigenvalue weighted by atomic mass is 32.2. The van der Waals surface area contributed by atoms with E-state index in [0.717, 1.165) is 13.5 Å². The van der Waals surface area contributed by atoms with E-state index >= 15 is 0 Å². The van der Waals surface area contributed by atoms with Crippen LogP contribution in [0.4, 0.5) is 39.6 Å². The van der Waals surface area contributed by atoms with E-state index in [0.29, 0.717) is 28.4 Å². The number of alkyl halides is 8. The lowest BCUT2D eigenvalue weighted by Crippen LogP contribution is -2.63. The van der Waals surface area contributed by atoms with Crippen molar-refractivity contribution in [1.82, 2.24) is 4.31 Å². The van der Waals surface area contributed by atoms with Crippen LogP contribution in [0.1, 0.15) is 54.9 Å². The first kappa shape index (κ1) is 35.2. The highest BCUT2D eigenvalue weighted by Gasteiger charge is 2.83. The van der Waals surface area contributed by atoms with Crippen molar-refractivity contribution in [2.45, 2.75) is 78.1 Å². The Morgan fingerprint density at radius 3 is 1.52 bits per heavy atom. The molecule has 0 radical (unpaired) electrons. The molecule has 0 saturated heterocycles. The molecule has 0 saturated carbocycles. The van der Waals surface area contributed by atoms with Gasteiger partial charge in [0.05, 0.1) is 32.7 Å². The van der Waals surface area contributed by atoms with Gasteiger partial charge in [0.1, 0.15) is 0 Å². The number of likely N-dealkylation sites (N-methyl/N-ethyl adjacent to an activating group) is 2. The molecule has 0 amide bonds. The summed E-state index contributed by atoms with van der Waals surface area (Å²) in [4.78, 5) is 1.88. The van der Waals surface area contributed by atoms with E-state index in [1.54, 1.807) is 0 Å². The molecule has 192 valence electrons. The highest BCUT2D eigenvalue weighted by Crippen LogP contribution is 2.56.